The van der Waals surface area contributed by atoms with Crippen LogP contribution >= 0.6 is 0 Å². The summed E-state index contributed by atoms with van der Waals surface area (Å²) >= 11 is 0. The van der Waals surface area contributed by atoms with Gasteiger partial charge < -0.3 is 9.47 Å². The molecule has 92 valence electrons. The van der Waals surface area contributed by atoms with Crippen LogP contribution in [0.3, 0.4) is 0 Å². The van der Waals surface area contributed by atoms with Gasteiger partial charge in [-0.1, -0.05) is 45.0 Å². The average molecular weight is 224 g/mol. The van der Waals surface area contributed by atoms with Crippen molar-refractivity contribution in [2.24, 2.45) is 0 Å². The highest BCUT2D eigenvalue weighted by Crippen LogP contribution is 2.10. The maximum Gasteiger partial charge on any atom is 0.0720 e. The van der Waals surface area contributed by atoms with Gasteiger partial charge in [-0.05, 0) is 17.5 Å². The van der Waals surface area contributed by atoms with Crippen LogP contribution in [0.2, 0.25) is 0 Å². The summed E-state index contributed by atoms with van der Waals surface area (Å²) in [6, 6.07) is 8.38. The molecule has 16 heavy (non-hydrogen) atoms. The molecule has 2 heteroatoms. The van der Waals surface area contributed by atoms with E-state index >= 15 is 0 Å². The van der Waals surface area contributed by atoms with E-state index in [4.69, 9.17) is 9.47 Å². The van der Waals surface area contributed by atoms with E-state index in [1.54, 1.807) is 7.11 Å². The molecule has 0 N–H and O–H groups in total. The molecule has 0 atom stereocenters. The van der Waals surface area contributed by atoms with Gasteiger partial charge in [-0.25, -0.2) is 0 Å². The van der Waals surface area contributed by atoms with Gasteiger partial charge in [-0.2, -0.15) is 0 Å². The van der Waals surface area contributed by atoms with Crippen molar-refractivity contribution in [3.63, 3.8) is 0 Å². The normalized spacial score (nSPS) is 9.50. The van der Waals surface area contributed by atoms with Crippen LogP contribution in [0.15, 0.2) is 24.3 Å². The molecule has 0 aliphatic carbocycles. The molecule has 0 saturated carbocycles. The molecule has 0 bridgehead atoms. The van der Waals surface area contributed by atoms with Gasteiger partial charge in [0.1, 0.15) is 0 Å². The average Bonchev–Trinajstić information content (AvgIpc) is 2.37. The number of benzene rings is 1. The van der Waals surface area contributed by atoms with Crippen LogP contribution in [0.4, 0.5) is 0 Å². The van der Waals surface area contributed by atoms with Gasteiger partial charge >= 0.3 is 0 Å². The van der Waals surface area contributed by atoms with E-state index in [0.29, 0.717) is 19.8 Å². The lowest BCUT2D eigenvalue weighted by Gasteiger charge is -2.07. The lowest BCUT2D eigenvalue weighted by atomic mass is 10.1. The van der Waals surface area contributed by atoms with Gasteiger partial charge in [-0.3, -0.25) is 0 Å². The Morgan fingerprint density at radius 2 is 1.62 bits per heavy atom. The van der Waals surface area contributed by atoms with Crippen LogP contribution in [-0.2, 0) is 22.5 Å². The van der Waals surface area contributed by atoms with Crippen LogP contribution < -0.4 is 0 Å². The molecule has 1 aromatic rings. The van der Waals surface area contributed by atoms with E-state index < -0.39 is 0 Å². The maximum atomic E-state index is 5.48. The standard InChI is InChI=1S/C12H18O2.C2H6/c1-3-11-6-4-5-7-12(11)10-14-9-8-13-2;1-2/h4-7H,3,8-10H2,1-2H3;1-2H3. The van der Waals surface area contributed by atoms with Crippen molar-refractivity contribution >= 4 is 0 Å². The van der Waals surface area contributed by atoms with Crippen molar-refractivity contribution in [3.8, 4) is 0 Å². The quantitative estimate of drug-likeness (QED) is 0.689. The maximum absolute atomic E-state index is 5.48. The zero-order valence-electron chi connectivity index (χ0n) is 11.0. The summed E-state index contributed by atoms with van der Waals surface area (Å²) in [5.74, 6) is 0. The molecule has 0 aliphatic rings. The number of hydrogen-bond acceptors (Lipinski definition) is 2. The van der Waals surface area contributed by atoms with Crippen molar-refractivity contribution in [3.05, 3.63) is 35.4 Å². The summed E-state index contributed by atoms with van der Waals surface area (Å²) in [4.78, 5) is 0. The number of methoxy groups -OCH3 is 1. The van der Waals surface area contributed by atoms with Crippen LogP contribution in [-0.4, -0.2) is 20.3 Å². The molecule has 0 unspecified atom stereocenters. The molecule has 0 radical (unpaired) electrons. The number of ether oxygens (including phenoxy) is 2. The van der Waals surface area contributed by atoms with E-state index in [1.807, 2.05) is 19.9 Å². The van der Waals surface area contributed by atoms with E-state index in [0.717, 1.165) is 6.42 Å². The molecule has 2 nitrogen and oxygen atoms in total. The summed E-state index contributed by atoms with van der Waals surface area (Å²) < 4.78 is 10.4. The monoisotopic (exact) mass is 224 g/mol. The smallest absolute Gasteiger partial charge is 0.0720 e. The summed E-state index contributed by atoms with van der Waals surface area (Å²) in [5.41, 5.74) is 2.65. The zero-order valence-corrected chi connectivity index (χ0v) is 11.0. The summed E-state index contributed by atoms with van der Waals surface area (Å²) in [5, 5.41) is 0. The van der Waals surface area contributed by atoms with E-state index in [2.05, 4.69) is 25.1 Å². The van der Waals surface area contributed by atoms with Crippen LogP contribution in [0.1, 0.15) is 31.9 Å². The number of aryl methyl sites for hydroxylation is 1. The molecule has 1 rings (SSSR count). The predicted molar refractivity (Wildman–Crippen MR) is 68.7 cm³/mol. The van der Waals surface area contributed by atoms with Gasteiger partial charge in [0, 0.05) is 7.11 Å². The molecule has 0 amide bonds. The van der Waals surface area contributed by atoms with Crippen molar-refractivity contribution < 1.29 is 9.47 Å². The van der Waals surface area contributed by atoms with Gasteiger partial charge in [0.25, 0.3) is 0 Å². The molecule has 1 aromatic carbocycles. The minimum Gasteiger partial charge on any atom is -0.382 e. The Morgan fingerprint density at radius 3 is 2.19 bits per heavy atom. The van der Waals surface area contributed by atoms with Gasteiger partial charge in [-0.15, -0.1) is 0 Å². The molecule has 0 aliphatic heterocycles. The Labute approximate surface area is 99.6 Å². The molecular weight excluding hydrogens is 200 g/mol. The van der Waals surface area contributed by atoms with Crippen molar-refractivity contribution in [2.75, 3.05) is 20.3 Å². The zero-order chi connectivity index (χ0) is 12.2. The lowest BCUT2D eigenvalue weighted by Crippen LogP contribution is -2.03. The summed E-state index contributed by atoms with van der Waals surface area (Å²) in [7, 11) is 1.68. The van der Waals surface area contributed by atoms with Gasteiger partial charge in [0.2, 0.25) is 0 Å². The fourth-order valence-electron chi connectivity index (χ4n) is 1.37. The van der Waals surface area contributed by atoms with Crippen molar-refractivity contribution in [2.45, 2.75) is 33.8 Å². The Bertz CT molecular complexity index is 259. The minimum absolute atomic E-state index is 0.661. The lowest BCUT2D eigenvalue weighted by molar-refractivity contribution is 0.0614. The number of hydrogen-bond donors (Lipinski definition) is 0. The van der Waals surface area contributed by atoms with Crippen LogP contribution in [0, 0.1) is 0 Å². The van der Waals surface area contributed by atoms with Crippen molar-refractivity contribution in [1.29, 1.82) is 0 Å². The Kier molecular flexibility index (Phi) is 10.1. The molecule has 0 aromatic heterocycles. The van der Waals surface area contributed by atoms with E-state index in [9.17, 15) is 0 Å². The number of rotatable bonds is 6. The molecule has 0 heterocycles. The van der Waals surface area contributed by atoms with Crippen molar-refractivity contribution in [1.82, 2.24) is 0 Å². The first kappa shape index (κ1) is 15.1. The highest BCUT2D eigenvalue weighted by Gasteiger charge is 1.98. The molecule has 0 spiro atoms. The second-order valence-electron chi connectivity index (χ2n) is 3.17. The second kappa shape index (κ2) is 10.7. The third-order valence-corrected chi connectivity index (χ3v) is 2.19. The Hall–Kier alpha value is -0.860. The molecule has 0 fully saturated rings. The fourth-order valence-corrected chi connectivity index (χ4v) is 1.37. The van der Waals surface area contributed by atoms with E-state index in [-0.39, 0.29) is 0 Å². The van der Waals surface area contributed by atoms with Gasteiger partial charge in [0.15, 0.2) is 0 Å². The molecular formula is C14H24O2. The highest BCUT2D eigenvalue weighted by atomic mass is 16.5. The largest absolute Gasteiger partial charge is 0.382 e. The van der Waals surface area contributed by atoms with Crippen LogP contribution in [0.25, 0.3) is 0 Å². The third-order valence-electron chi connectivity index (χ3n) is 2.19. The summed E-state index contributed by atoms with van der Waals surface area (Å²) in [6.07, 6.45) is 1.06. The molecule has 0 saturated heterocycles. The van der Waals surface area contributed by atoms with Crippen LogP contribution in [0.5, 0.6) is 0 Å². The minimum atomic E-state index is 0.661. The first-order valence-corrected chi connectivity index (χ1v) is 6.02. The van der Waals surface area contributed by atoms with E-state index in [1.165, 1.54) is 11.1 Å². The second-order valence-corrected chi connectivity index (χ2v) is 3.17. The predicted octanol–water partition coefficient (Wildman–Crippen LogP) is 3.44. The Morgan fingerprint density at radius 1 is 1.00 bits per heavy atom. The SMILES string of the molecule is CC.CCc1ccccc1COCCOC. The van der Waals surface area contributed by atoms with Gasteiger partial charge in [0.05, 0.1) is 19.8 Å². The summed E-state index contributed by atoms with van der Waals surface area (Å²) in [6.45, 7) is 8.17. The third kappa shape index (κ3) is 5.89. The first-order valence-electron chi connectivity index (χ1n) is 6.02. The fraction of sp³-hybridized carbons (Fsp3) is 0.571. The first-order chi connectivity index (χ1) is 7.88. The topological polar surface area (TPSA) is 18.5 Å². The highest BCUT2D eigenvalue weighted by molar-refractivity contribution is 5.26. The Balaban J connectivity index is 0.00000106.